The molecule has 8 rings (SSSR count). The number of allylic oxidation sites excluding steroid dienone is 1. The van der Waals surface area contributed by atoms with E-state index in [0.29, 0.717) is 53.5 Å². The lowest BCUT2D eigenvalue weighted by Gasteiger charge is -2.38. The van der Waals surface area contributed by atoms with Crippen LogP contribution in [0, 0.1) is 29.0 Å². The minimum Gasteiger partial charge on any atom is -0.497 e. The predicted molar refractivity (Wildman–Crippen MR) is 240 cm³/mol. The quantitative estimate of drug-likeness (QED) is 0.161. The third-order valence-electron chi connectivity index (χ3n) is 13.7. The van der Waals surface area contributed by atoms with Gasteiger partial charge in [0.05, 0.1) is 30.7 Å². The summed E-state index contributed by atoms with van der Waals surface area (Å²) >= 11 is 0. The molecule has 5 aliphatic rings. The molecule has 3 aliphatic carbocycles. The van der Waals surface area contributed by atoms with E-state index < -0.39 is 80.5 Å². The number of aromatic nitrogens is 1. The van der Waals surface area contributed by atoms with Gasteiger partial charge in [0.25, 0.3) is 5.91 Å². The van der Waals surface area contributed by atoms with Gasteiger partial charge in [-0.05, 0) is 130 Å². The first kappa shape index (κ1) is 46.1. The summed E-state index contributed by atoms with van der Waals surface area (Å²) in [5.74, 6) is -2.74. The molecule has 4 amide bonds. The zero-order valence-corrected chi connectivity index (χ0v) is 38.7. The van der Waals surface area contributed by atoms with Crippen LogP contribution in [0.3, 0.4) is 0 Å². The Labute approximate surface area is 379 Å². The summed E-state index contributed by atoms with van der Waals surface area (Å²) in [6.07, 6.45) is 5.90. The number of pyridine rings is 1. The van der Waals surface area contributed by atoms with Crippen molar-refractivity contribution in [1.82, 2.24) is 24.8 Å². The van der Waals surface area contributed by atoms with E-state index >= 15 is 9.18 Å². The Morgan fingerprint density at radius 2 is 1.83 bits per heavy atom. The molecule has 0 bridgehead atoms. The van der Waals surface area contributed by atoms with E-state index in [4.69, 9.17) is 19.2 Å². The molecule has 350 valence electrons. The highest BCUT2D eigenvalue weighted by atomic mass is 32.2. The van der Waals surface area contributed by atoms with Crippen molar-refractivity contribution >= 4 is 44.6 Å². The van der Waals surface area contributed by atoms with Crippen molar-refractivity contribution in [1.29, 1.82) is 0 Å². The fourth-order valence-corrected chi connectivity index (χ4v) is 10.9. The highest BCUT2D eigenvalue weighted by Crippen LogP contribution is 2.48. The number of rotatable bonds is 12. The summed E-state index contributed by atoms with van der Waals surface area (Å²) in [5, 5.41) is 14.2. The predicted octanol–water partition coefficient (Wildman–Crippen LogP) is 6.83. The topological polar surface area (TPSA) is 194 Å². The number of carbonyl (C=O) groups is 4. The zero-order chi connectivity index (χ0) is 46.6. The monoisotopic (exact) mass is 917 g/mol. The molecular weight excluding hydrogens is 858 g/mol. The normalized spacial score (nSPS) is 28.2. The van der Waals surface area contributed by atoms with E-state index in [0.717, 1.165) is 19.3 Å². The Morgan fingerprint density at radius 3 is 2.49 bits per heavy atom. The minimum atomic E-state index is -3.97. The van der Waals surface area contributed by atoms with Gasteiger partial charge >= 0.3 is 6.09 Å². The van der Waals surface area contributed by atoms with Crippen LogP contribution in [-0.4, -0.2) is 107 Å². The minimum absolute atomic E-state index is 0.0716. The maximum absolute atomic E-state index is 15.4. The zero-order valence-electron chi connectivity index (χ0n) is 37.8. The van der Waals surface area contributed by atoms with E-state index in [1.807, 2.05) is 26.0 Å². The lowest BCUT2D eigenvalue weighted by Crippen LogP contribution is -2.60. The molecule has 1 saturated heterocycles. The first-order chi connectivity index (χ1) is 30.8. The fourth-order valence-electron chi connectivity index (χ4n) is 9.52. The molecule has 3 aromatic rings. The van der Waals surface area contributed by atoms with Gasteiger partial charge in [-0.1, -0.05) is 32.9 Å². The second kappa shape index (κ2) is 17.7. The standard InChI is InChI=1S/C48H60FN5O10S/c1-27(2)63-40-16-11-30(21-37(40)49)38-22-31-20-33(62-6)12-15-36(31)43(50-38)64-34-23-39-42(55)51-48(45(57)52-65(60,61)35-13-14-35)24-32(48)10-8-7-9-28(3)19-29(4)41(44(56)53(39)25-34)54(46(58)59)26-47(5)17-18-47/h8,10-12,15-16,20-22,27-29,32,34-35,39,41H,7,9,13-14,17-19,23-26H2,1-6H3,(H,51,55)(H,52,57)(H,58,59)/b10-8-/t28-,29-,32-,34-,39+,41+,48-/m1/s1. The number of amides is 4. The Morgan fingerprint density at radius 1 is 1.08 bits per heavy atom. The van der Waals surface area contributed by atoms with Crippen LogP contribution in [0.25, 0.3) is 22.0 Å². The van der Waals surface area contributed by atoms with Crippen molar-refractivity contribution in [2.24, 2.45) is 23.2 Å². The number of nitrogens with one attached hydrogen (secondary N) is 2. The van der Waals surface area contributed by atoms with Gasteiger partial charge in [-0.3, -0.25) is 24.0 Å². The Hall–Kier alpha value is -5.45. The molecule has 0 unspecified atom stereocenters. The molecule has 3 saturated carbocycles. The first-order valence-electron chi connectivity index (χ1n) is 22.8. The van der Waals surface area contributed by atoms with Gasteiger partial charge in [0.2, 0.25) is 27.7 Å². The number of hydrogen-bond acceptors (Lipinski definition) is 10. The summed E-state index contributed by atoms with van der Waals surface area (Å²) < 4.78 is 61.6. The molecule has 17 heteroatoms. The molecule has 3 N–H and O–H groups in total. The molecular formula is C48H60FN5O10S. The lowest BCUT2D eigenvalue weighted by atomic mass is 9.86. The van der Waals surface area contributed by atoms with E-state index in [1.165, 1.54) is 29.0 Å². The number of hydrogen-bond donors (Lipinski definition) is 3. The van der Waals surface area contributed by atoms with Crippen molar-refractivity contribution in [2.45, 2.75) is 127 Å². The maximum Gasteiger partial charge on any atom is 0.408 e. The average molecular weight is 918 g/mol. The number of nitrogens with zero attached hydrogens (tertiary/aromatic N) is 3. The van der Waals surface area contributed by atoms with Crippen LogP contribution in [0.5, 0.6) is 17.4 Å². The lowest BCUT2D eigenvalue weighted by molar-refractivity contribution is -0.144. The second-order valence-corrected chi connectivity index (χ2v) is 21.6. The molecule has 4 fully saturated rings. The number of methoxy groups -OCH3 is 1. The number of carboxylic acid groups (broad SMARTS) is 1. The molecule has 2 aliphatic heterocycles. The van der Waals surface area contributed by atoms with Gasteiger partial charge in [-0.25, -0.2) is 22.6 Å². The Bertz CT molecular complexity index is 2510. The number of carbonyl (C=O) groups excluding carboxylic acids is 3. The van der Waals surface area contributed by atoms with E-state index in [1.54, 1.807) is 44.2 Å². The highest BCUT2D eigenvalue weighted by molar-refractivity contribution is 7.91. The molecule has 2 aromatic carbocycles. The molecule has 3 heterocycles. The van der Waals surface area contributed by atoms with Crippen molar-refractivity contribution in [3.8, 4) is 28.6 Å². The van der Waals surface area contributed by atoms with Crippen molar-refractivity contribution in [3.05, 3.63) is 60.4 Å². The van der Waals surface area contributed by atoms with Crippen LogP contribution in [0.2, 0.25) is 0 Å². The van der Waals surface area contributed by atoms with Crippen molar-refractivity contribution in [2.75, 3.05) is 20.2 Å². The number of ether oxygens (including phenoxy) is 3. The van der Waals surface area contributed by atoms with Gasteiger partial charge in [0, 0.05) is 29.8 Å². The van der Waals surface area contributed by atoms with E-state index in [9.17, 15) is 27.9 Å². The third kappa shape index (κ3) is 9.90. The third-order valence-corrected chi connectivity index (χ3v) is 15.5. The van der Waals surface area contributed by atoms with Gasteiger partial charge in [0.1, 0.15) is 29.5 Å². The molecule has 65 heavy (non-hydrogen) atoms. The van der Waals surface area contributed by atoms with Gasteiger partial charge in [-0.15, -0.1) is 0 Å². The van der Waals surface area contributed by atoms with Gasteiger partial charge in [-0.2, -0.15) is 0 Å². The molecule has 7 atom stereocenters. The largest absolute Gasteiger partial charge is 0.497 e. The van der Waals surface area contributed by atoms with Crippen LogP contribution in [0.15, 0.2) is 54.6 Å². The first-order valence-corrected chi connectivity index (χ1v) is 24.3. The number of fused-ring (bicyclic) bond motifs is 3. The van der Waals surface area contributed by atoms with Crippen LogP contribution >= 0.6 is 0 Å². The maximum atomic E-state index is 15.4. The second-order valence-electron chi connectivity index (χ2n) is 19.6. The molecule has 15 nitrogen and oxygen atoms in total. The van der Waals surface area contributed by atoms with Crippen LogP contribution in [0.4, 0.5) is 9.18 Å². The highest BCUT2D eigenvalue weighted by Gasteiger charge is 2.62. The SMILES string of the molecule is COc1ccc2c(O[C@@H]3C[C@H]4C(=O)N[C@]5(C(=O)NS(=O)(=O)C6CC6)C[C@H]5/C=C\CC[C@@H](C)C[C@@H](C)[C@H](N(CC5(C)CC5)C(=O)O)C(=O)N4C3)nc(-c3ccc(OC(C)C)c(F)c3)cc2c1. The molecule has 0 radical (unpaired) electrons. The fraction of sp³-hybridized carbons (Fsp3) is 0.562. The van der Waals surface area contributed by atoms with Gasteiger partial charge < -0.3 is 29.5 Å². The van der Waals surface area contributed by atoms with E-state index in [2.05, 4.69) is 17.0 Å². The summed E-state index contributed by atoms with van der Waals surface area (Å²) in [6, 6.07) is 9.23. The summed E-state index contributed by atoms with van der Waals surface area (Å²) in [7, 11) is -2.43. The smallest absolute Gasteiger partial charge is 0.408 e. The average Bonchev–Trinajstić information content (AvgIpc) is 4.19. The number of benzene rings is 2. The summed E-state index contributed by atoms with van der Waals surface area (Å²) in [6.45, 7) is 9.55. The van der Waals surface area contributed by atoms with Crippen LogP contribution in [0.1, 0.15) is 92.4 Å². The van der Waals surface area contributed by atoms with Crippen LogP contribution < -0.4 is 24.2 Å². The van der Waals surface area contributed by atoms with Gasteiger partial charge in [0.15, 0.2) is 11.6 Å². The molecule has 1 aromatic heterocycles. The van der Waals surface area contributed by atoms with Crippen molar-refractivity contribution < 1.29 is 51.3 Å². The Balaban J connectivity index is 1.18. The number of halogens is 1. The van der Waals surface area contributed by atoms with E-state index in [-0.39, 0.29) is 55.0 Å². The van der Waals surface area contributed by atoms with Crippen LogP contribution in [-0.2, 0) is 24.4 Å². The molecule has 0 spiro atoms. The number of sulfonamides is 1. The van der Waals surface area contributed by atoms with Crippen molar-refractivity contribution in [3.63, 3.8) is 0 Å². The summed E-state index contributed by atoms with van der Waals surface area (Å²) in [4.78, 5) is 64.9. The Kier molecular flexibility index (Phi) is 12.6. The summed E-state index contributed by atoms with van der Waals surface area (Å²) in [5.41, 5.74) is -1.07.